The molecule has 0 saturated carbocycles. The van der Waals surface area contributed by atoms with Crippen LogP contribution in [0.1, 0.15) is 19.1 Å². The smallest absolute Gasteiger partial charge is 0.240 e. The highest BCUT2D eigenvalue weighted by Crippen LogP contribution is 2.27. The molecule has 140 valence electrons. The maximum absolute atomic E-state index is 12.2. The summed E-state index contributed by atoms with van der Waals surface area (Å²) in [6.07, 6.45) is 1.50. The Morgan fingerprint density at radius 2 is 2.19 bits per heavy atom. The standard InChI is InChI=1S/C17H14Cl2N4O3S/c1-9(13-3-2-6-26-13)22-23-17-21-16(25)14(27-17)8-15(24)20-12-5-4-10(18)7-11(12)19/h2-7,14H,8H2,1H3,(H,20,24)(H,21,23,25). The molecule has 1 saturated heterocycles. The van der Waals surface area contributed by atoms with Crippen molar-refractivity contribution in [2.24, 2.45) is 10.2 Å². The SMILES string of the molecule is CC(=NN=C1NC(=O)C(CC(=O)Nc2ccc(Cl)cc2Cl)S1)c1ccco1. The second-order valence-electron chi connectivity index (χ2n) is 5.54. The lowest BCUT2D eigenvalue weighted by Crippen LogP contribution is -2.28. The summed E-state index contributed by atoms with van der Waals surface area (Å²) in [5.74, 6) is -0.0604. The summed E-state index contributed by atoms with van der Waals surface area (Å²) in [6, 6.07) is 8.25. The molecule has 1 fully saturated rings. The average molecular weight is 425 g/mol. The molecule has 1 atom stereocenters. The Balaban J connectivity index is 1.59. The van der Waals surface area contributed by atoms with Crippen LogP contribution in [0.2, 0.25) is 10.0 Å². The van der Waals surface area contributed by atoms with Crippen molar-refractivity contribution in [2.75, 3.05) is 5.32 Å². The zero-order valence-corrected chi connectivity index (χ0v) is 16.4. The number of anilines is 1. The number of hydrogen-bond acceptors (Lipinski definition) is 6. The Labute approximate surface area is 169 Å². The number of hydrogen-bond donors (Lipinski definition) is 2. The average Bonchev–Trinajstić information content (AvgIpc) is 3.26. The van der Waals surface area contributed by atoms with E-state index in [0.29, 0.717) is 32.4 Å². The first-order valence-corrected chi connectivity index (χ1v) is 9.44. The van der Waals surface area contributed by atoms with Crippen LogP contribution in [-0.2, 0) is 9.59 Å². The van der Waals surface area contributed by atoms with E-state index < -0.39 is 5.25 Å². The lowest BCUT2D eigenvalue weighted by Gasteiger charge is -2.09. The molecule has 3 rings (SSSR count). The van der Waals surface area contributed by atoms with Gasteiger partial charge in [-0.2, -0.15) is 0 Å². The Morgan fingerprint density at radius 3 is 2.89 bits per heavy atom. The molecule has 0 bridgehead atoms. The molecule has 1 unspecified atom stereocenters. The molecule has 0 radical (unpaired) electrons. The Hall–Kier alpha value is -2.29. The molecule has 1 aromatic carbocycles. The van der Waals surface area contributed by atoms with E-state index >= 15 is 0 Å². The van der Waals surface area contributed by atoms with Gasteiger partial charge in [-0.25, -0.2) is 0 Å². The third-order valence-corrected chi connectivity index (χ3v) is 5.14. The first-order chi connectivity index (χ1) is 12.9. The molecule has 27 heavy (non-hydrogen) atoms. The summed E-state index contributed by atoms with van der Waals surface area (Å²) in [5, 5.41) is 13.8. The second-order valence-corrected chi connectivity index (χ2v) is 7.58. The lowest BCUT2D eigenvalue weighted by molar-refractivity contribution is -0.122. The number of nitrogens with zero attached hydrogens (tertiary/aromatic N) is 2. The maximum Gasteiger partial charge on any atom is 0.240 e. The van der Waals surface area contributed by atoms with Crippen LogP contribution >= 0.6 is 35.0 Å². The van der Waals surface area contributed by atoms with Gasteiger partial charge in [-0.15, -0.1) is 10.2 Å². The van der Waals surface area contributed by atoms with E-state index in [9.17, 15) is 9.59 Å². The van der Waals surface area contributed by atoms with Crippen LogP contribution in [0.4, 0.5) is 5.69 Å². The van der Waals surface area contributed by atoms with Gasteiger partial charge in [0.05, 0.1) is 17.0 Å². The van der Waals surface area contributed by atoms with Gasteiger partial charge in [0.15, 0.2) is 5.17 Å². The molecule has 0 aliphatic carbocycles. The minimum absolute atomic E-state index is 0.0324. The minimum Gasteiger partial charge on any atom is -0.463 e. The first kappa shape index (κ1) is 19.5. The third-order valence-electron chi connectivity index (χ3n) is 3.52. The van der Waals surface area contributed by atoms with Gasteiger partial charge in [0, 0.05) is 11.4 Å². The van der Waals surface area contributed by atoms with Crippen molar-refractivity contribution < 1.29 is 14.0 Å². The molecular formula is C17H14Cl2N4O3S. The molecule has 2 aromatic rings. The number of benzene rings is 1. The van der Waals surface area contributed by atoms with Gasteiger partial charge in [0.25, 0.3) is 0 Å². The number of carbonyl (C=O) groups is 2. The summed E-state index contributed by atoms with van der Waals surface area (Å²) in [6.45, 7) is 1.74. The number of thioether (sulfide) groups is 1. The van der Waals surface area contributed by atoms with Crippen LogP contribution in [0.3, 0.4) is 0 Å². The summed E-state index contributed by atoms with van der Waals surface area (Å²) in [5.41, 5.74) is 1.00. The maximum atomic E-state index is 12.2. The predicted octanol–water partition coefficient (Wildman–Crippen LogP) is 3.93. The molecule has 10 heteroatoms. The van der Waals surface area contributed by atoms with Gasteiger partial charge in [-0.3, -0.25) is 9.59 Å². The van der Waals surface area contributed by atoms with Crippen LogP contribution in [0, 0.1) is 0 Å². The Morgan fingerprint density at radius 1 is 1.37 bits per heavy atom. The van der Waals surface area contributed by atoms with Crippen LogP contribution < -0.4 is 10.6 Å². The molecule has 2 N–H and O–H groups in total. The predicted molar refractivity (Wildman–Crippen MR) is 108 cm³/mol. The summed E-state index contributed by atoms with van der Waals surface area (Å²) >= 11 is 13.0. The first-order valence-electron chi connectivity index (χ1n) is 7.81. The van der Waals surface area contributed by atoms with E-state index in [1.165, 1.54) is 12.3 Å². The molecular weight excluding hydrogens is 411 g/mol. The number of halogens is 2. The van der Waals surface area contributed by atoms with E-state index in [2.05, 4.69) is 20.8 Å². The number of amidine groups is 1. The van der Waals surface area contributed by atoms with Crippen molar-refractivity contribution in [1.29, 1.82) is 0 Å². The molecule has 2 amide bonds. The fraction of sp³-hybridized carbons (Fsp3) is 0.176. The normalized spacial score (nSPS) is 18.6. The number of carbonyl (C=O) groups excluding carboxylic acids is 2. The zero-order valence-electron chi connectivity index (χ0n) is 14.0. The van der Waals surface area contributed by atoms with E-state index in [4.69, 9.17) is 27.6 Å². The quantitative estimate of drug-likeness (QED) is 0.561. The molecule has 1 aliphatic heterocycles. The number of nitrogens with one attached hydrogen (secondary N) is 2. The van der Waals surface area contributed by atoms with E-state index in [1.54, 1.807) is 31.2 Å². The fourth-order valence-electron chi connectivity index (χ4n) is 2.20. The summed E-state index contributed by atoms with van der Waals surface area (Å²) in [4.78, 5) is 24.3. The lowest BCUT2D eigenvalue weighted by atomic mass is 10.2. The van der Waals surface area contributed by atoms with E-state index in [1.807, 2.05) is 0 Å². The van der Waals surface area contributed by atoms with Gasteiger partial charge in [-0.05, 0) is 37.3 Å². The highest BCUT2D eigenvalue weighted by Gasteiger charge is 2.32. The third kappa shape index (κ3) is 5.12. The van der Waals surface area contributed by atoms with E-state index in [-0.39, 0.29) is 18.2 Å². The molecule has 1 aliphatic rings. The zero-order chi connectivity index (χ0) is 19.4. The largest absolute Gasteiger partial charge is 0.463 e. The van der Waals surface area contributed by atoms with Crippen LogP contribution in [0.25, 0.3) is 0 Å². The highest BCUT2D eigenvalue weighted by molar-refractivity contribution is 8.15. The topological polar surface area (TPSA) is 96.1 Å². The highest BCUT2D eigenvalue weighted by atomic mass is 35.5. The summed E-state index contributed by atoms with van der Waals surface area (Å²) in [7, 11) is 0. The number of rotatable bonds is 5. The molecule has 1 aromatic heterocycles. The molecule has 2 heterocycles. The molecule has 7 nitrogen and oxygen atoms in total. The van der Waals surface area contributed by atoms with Crippen molar-refractivity contribution in [3.63, 3.8) is 0 Å². The number of furan rings is 1. The monoisotopic (exact) mass is 424 g/mol. The van der Waals surface area contributed by atoms with Crippen molar-refractivity contribution >= 4 is 63.3 Å². The van der Waals surface area contributed by atoms with Crippen LogP contribution in [-0.4, -0.2) is 27.9 Å². The van der Waals surface area contributed by atoms with Crippen molar-refractivity contribution in [3.8, 4) is 0 Å². The molecule has 0 spiro atoms. The summed E-state index contributed by atoms with van der Waals surface area (Å²) < 4.78 is 5.21. The van der Waals surface area contributed by atoms with Crippen molar-refractivity contribution in [3.05, 3.63) is 52.4 Å². The second kappa shape index (κ2) is 8.60. The fourth-order valence-corrected chi connectivity index (χ4v) is 3.57. The van der Waals surface area contributed by atoms with Crippen molar-refractivity contribution in [2.45, 2.75) is 18.6 Å². The van der Waals surface area contributed by atoms with Gasteiger partial charge < -0.3 is 15.1 Å². The van der Waals surface area contributed by atoms with Gasteiger partial charge in [0.1, 0.15) is 16.7 Å². The van der Waals surface area contributed by atoms with Gasteiger partial charge in [0.2, 0.25) is 11.8 Å². The van der Waals surface area contributed by atoms with E-state index in [0.717, 1.165) is 11.8 Å². The Kier molecular flexibility index (Phi) is 6.20. The minimum atomic E-state index is -0.603. The van der Waals surface area contributed by atoms with Crippen LogP contribution in [0.15, 0.2) is 51.2 Å². The number of amides is 2. The Bertz CT molecular complexity index is 928. The van der Waals surface area contributed by atoms with Crippen molar-refractivity contribution in [1.82, 2.24) is 5.32 Å². The van der Waals surface area contributed by atoms with Gasteiger partial charge in [-0.1, -0.05) is 35.0 Å². The van der Waals surface area contributed by atoms with Crippen LogP contribution in [0.5, 0.6) is 0 Å². The van der Waals surface area contributed by atoms with Gasteiger partial charge >= 0.3 is 0 Å².